The van der Waals surface area contributed by atoms with E-state index in [0.29, 0.717) is 26.2 Å². The van der Waals surface area contributed by atoms with Crippen molar-refractivity contribution in [3.05, 3.63) is 86.4 Å². The Hall–Kier alpha value is -9.01. The van der Waals surface area contributed by atoms with Crippen LogP contribution in [0.25, 0.3) is 21.7 Å². The molecule has 0 spiro atoms. The number of likely N-dealkylation sites (N-methyl/N-ethyl adjacent to an activating group) is 1. The van der Waals surface area contributed by atoms with Crippen molar-refractivity contribution in [2.45, 2.75) is 241 Å². The molecule has 43 heteroatoms. The summed E-state index contributed by atoms with van der Waals surface area (Å²) in [6.45, 7) is 18.8. The van der Waals surface area contributed by atoms with Gasteiger partial charge in [0.1, 0.15) is 102 Å². The summed E-state index contributed by atoms with van der Waals surface area (Å²) in [5.41, 5.74) is 26.3. The van der Waals surface area contributed by atoms with Crippen molar-refractivity contribution in [3.8, 4) is 23.0 Å². The number of methoxy groups -OCH3 is 1. The number of carbonyl (C=O) groups excluding carboxylic acids is 4. The molecule has 127 heavy (non-hydrogen) atoms. The number of phenols is 3. The number of hydrogen-bond donors (Lipinski definition) is 22. The largest absolute Gasteiger partial charge is 0.507 e. The Morgan fingerprint density at radius 2 is 1.40 bits per heavy atom. The lowest BCUT2D eigenvalue weighted by atomic mass is 9.78. The molecule has 8 heterocycles. The van der Waals surface area contributed by atoms with Crippen LogP contribution in [-0.2, 0) is 47.5 Å². The first kappa shape index (κ1) is 100. The number of aliphatic hydroxyl groups is 10. The lowest BCUT2D eigenvalue weighted by molar-refractivity contribution is -0.332. The summed E-state index contributed by atoms with van der Waals surface area (Å²) in [4.78, 5) is 80.9. The number of piperazine rings is 2. The van der Waals surface area contributed by atoms with Crippen LogP contribution in [0, 0.1) is 42.2 Å². The van der Waals surface area contributed by atoms with Gasteiger partial charge in [-0.15, -0.1) is 0 Å². The number of carboxylic acid groups (broad SMARTS) is 1. The number of amides is 2. The molecular weight excluding hydrogens is 1680 g/mol. The van der Waals surface area contributed by atoms with Crippen LogP contribution in [0.15, 0.2) is 52.2 Å². The zero-order valence-corrected chi connectivity index (χ0v) is 72.7. The third-order valence-corrected chi connectivity index (χ3v) is 24.8. The summed E-state index contributed by atoms with van der Waals surface area (Å²) < 4.78 is 78.4. The van der Waals surface area contributed by atoms with Gasteiger partial charge < -0.3 is 168 Å². The SMILES string of the molecule is CO[C@H]1/C=C/O[C@@]2(C)Oc3c(C)c(O)c4c(O)c(c(/C=N\N5CCN(C)CC5)c(O)c4c3C2=O)NC(=O)/C(C)=C\C=C\[C@H](C)[C@H](O)[C@@H](C)[C@@H](O)[C@@H](C)[C@H](OC(C)=O)[C@@H]1C.C[C@@H]1CN(c2c(F)c(N)c3c(=O)c(C(=O)O)cn(C4CC4)c3c2F)C[C@H](C)N1.NCCC(O)C(=O)N[C@@H]1C[C@H](N)C(O[C@H]2O[C@H](CN)[C@@H](O)[C@H](O)[C@H]2O)[C@H](O)[C@H]1O[C@H]1O[C@H](CO)[C@@H](O)[C@H](N)[C@H]1O. The van der Waals surface area contributed by atoms with E-state index in [0.717, 1.165) is 32.1 Å². The molecule has 7 aliphatic heterocycles. The summed E-state index contributed by atoms with van der Waals surface area (Å²) >= 11 is 0. The van der Waals surface area contributed by atoms with Crippen molar-refractivity contribution < 1.29 is 142 Å². The highest BCUT2D eigenvalue weighted by Gasteiger charge is 2.55. The molecule has 5 bridgehead atoms. The number of aliphatic hydroxyl groups excluding tert-OH is 10. The van der Waals surface area contributed by atoms with Gasteiger partial charge in [0.25, 0.3) is 11.7 Å². The van der Waals surface area contributed by atoms with Crippen LogP contribution in [0.2, 0.25) is 0 Å². The van der Waals surface area contributed by atoms with E-state index in [-0.39, 0.29) is 99.7 Å². The summed E-state index contributed by atoms with van der Waals surface area (Å²) in [5.74, 6) is -12.5. The van der Waals surface area contributed by atoms with Crippen LogP contribution in [-0.4, -0.2) is 335 Å². The summed E-state index contributed by atoms with van der Waals surface area (Å²) in [5, 5.41) is 164. The van der Waals surface area contributed by atoms with Crippen LogP contribution in [0.4, 0.5) is 25.8 Å². The molecule has 41 nitrogen and oxygen atoms in total. The van der Waals surface area contributed by atoms with Crippen LogP contribution in [0.3, 0.4) is 0 Å². The molecule has 4 saturated heterocycles. The fraction of sp³-hybridized carbons (Fsp3) is 0.631. The fourth-order valence-corrected chi connectivity index (χ4v) is 17.1. The first-order valence-electron chi connectivity index (χ1n) is 42.2. The number of aromatic carboxylic acids is 1. The van der Waals surface area contributed by atoms with E-state index in [1.54, 1.807) is 49.8 Å². The first-order chi connectivity index (χ1) is 59.8. The van der Waals surface area contributed by atoms with Gasteiger partial charge in [0.05, 0.1) is 88.3 Å². The molecule has 9 aliphatic rings. The topological polar surface area (TPSA) is 653 Å². The number of rotatable bonds is 17. The third-order valence-electron chi connectivity index (χ3n) is 24.8. The molecule has 0 radical (unpaired) electrons. The molecular formula is C84H123F2N13O28. The minimum absolute atomic E-state index is 0.0101. The number of pyridine rings is 1. The molecule has 2 amide bonds. The van der Waals surface area contributed by atoms with Gasteiger partial charge >= 0.3 is 17.7 Å². The van der Waals surface area contributed by atoms with Gasteiger partial charge in [0.2, 0.25) is 11.3 Å². The number of nitrogen functional groups attached to an aromatic ring is 1. The summed E-state index contributed by atoms with van der Waals surface area (Å²) in [6, 6.07) is -3.56. The number of aromatic hydroxyl groups is 3. The Bertz CT molecular complexity index is 4810. The average Bonchev–Trinajstić information content (AvgIpc) is 1.60. The predicted octanol–water partition coefficient (Wildman–Crippen LogP) is -2.01. The van der Waals surface area contributed by atoms with E-state index in [2.05, 4.69) is 26.0 Å². The highest BCUT2D eigenvalue weighted by molar-refractivity contribution is 6.24. The van der Waals surface area contributed by atoms with E-state index in [4.69, 9.17) is 66.6 Å². The second-order valence-corrected chi connectivity index (χ2v) is 34.3. The van der Waals surface area contributed by atoms with Crippen molar-refractivity contribution in [2.24, 2.45) is 51.7 Å². The number of benzene rings is 3. The molecule has 706 valence electrons. The number of aromatic nitrogens is 1. The number of nitrogens with one attached hydrogen (secondary N) is 3. The quantitative estimate of drug-likeness (QED) is 0.0179. The molecule has 2 aliphatic carbocycles. The van der Waals surface area contributed by atoms with Gasteiger partial charge in [-0.3, -0.25) is 29.0 Å². The lowest BCUT2D eigenvalue weighted by Gasteiger charge is -2.49. The number of allylic oxidation sites excluding steroid dienone is 2. The van der Waals surface area contributed by atoms with E-state index in [1.165, 1.54) is 64.0 Å². The minimum atomic E-state index is -2.04. The molecule has 13 rings (SSSR count). The molecule has 1 aromatic heterocycles. The standard InChI is InChI=1S/C43H58N4O12.C22H43N5O13.C19H22F2N4O3/c1-21-12-11-13-22(2)42(55)45-33-28(20-44-47-17-15-46(9)16-18-47)37(52)30-31(38(33)53)36(51)26(6)40-32(30)41(54)43(8,59-40)57-19-14-29(56-10)23(3)39(58-27(7)48)25(5)35(50)24(4)34(21)49;23-2-1-8(29)20(36)27-7-3-6(25)18(39-22-16(34)15(33)13(31)9(4-24)37-22)17(35)19(7)40-21-14(32)11(26)12(30)10(5-28)38-21;1-8-5-24(6-9(2)23-8)17-13(20)15(22)12-16(14(17)21)25(10-3-4-10)7-11(18(12)26)19(27)28/h11-14,19-21,23-25,29,34-35,39,49-53H,15-18H2,1-10H3,(H,45,55);6-19,21-22,28-35H,1-5,23-26H2,(H,27,36);7-10,23H,3-6,22H2,1-2H3,(H,27,28)/b12-11+,19-14+,22-13-,44-20-;;/t21-,23+,24+,25+,29-,34-,35+,39+,43-;6-,7+,8?,9+,10+,11-,12+,13+,14+,15-,16+,17-,18?,19-,21+,22+;8-,9+/m00./s1. The molecule has 2 saturated carbocycles. The number of hydrogen-bond acceptors (Lipinski definition) is 37. The second kappa shape index (κ2) is 41.8. The fourth-order valence-electron chi connectivity index (χ4n) is 17.1. The molecule has 6 fully saturated rings. The monoisotopic (exact) mass is 1800 g/mol. The number of esters is 1. The number of nitrogens with zero attached hydrogens (tertiary/aromatic N) is 5. The maximum atomic E-state index is 15.6. The maximum absolute atomic E-state index is 15.6. The number of ether oxygens (including phenoxy) is 8. The number of halogens is 2. The summed E-state index contributed by atoms with van der Waals surface area (Å²) in [7, 11) is 3.42. The lowest BCUT2D eigenvalue weighted by Crippen LogP contribution is -2.69. The van der Waals surface area contributed by atoms with E-state index >= 15 is 8.78 Å². The number of nitrogens with two attached hydrogens (primary N) is 5. The Labute approximate surface area is 730 Å². The highest BCUT2D eigenvalue weighted by Crippen LogP contribution is 2.55. The number of phenolic OH excluding ortho intramolecular Hbond substituents is 3. The number of fused-ring (bicyclic) bond motifs is 15. The number of carboxylic acids is 1. The van der Waals surface area contributed by atoms with Gasteiger partial charge in [0.15, 0.2) is 30.0 Å². The van der Waals surface area contributed by atoms with Gasteiger partial charge in [-0.05, 0) is 73.0 Å². The predicted molar refractivity (Wildman–Crippen MR) is 454 cm³/mol. The van der Waals surface area contributed by atoms with Crippen molar-refractivity contribution >= 4 is 74.5 Å². The van der Waals surface area contributed by atoms with Gasteiger partial charge in [-0.2, -0.15) is 5.10 Å². The van der Waals surface area contributed by atoms with E-state index in [1.807, 2.05) is 20.9 Å². The summed E-state index contributed by atoms with van der Waals surface area (Å²) in [6.07, 6.45) is -12.4. The van der Waals surface area contributed by atoms with Crippen molar-refractivity contribution in [1.82, 2.24) is 25.1 Å². The first-order valence-corrected chi connectivity index (χ1v) is 42.2. The van der Waals surface area contributed by atoms with Crippen LogP contribution in [0.1, 0.15) is 126 Å². The van der Waals surface area contributed by atoms with Gasteiger partial charge in [-0.1, -0.05) is 45.9 Å². The average molecular weight is 1800 g/mol. The Balaban J connectivity index is 0.000000213. The van der Waals surface area contributed by atoms with Crippen LogP contribution in [0.5, 0.6) is 23.0 Å². The van der Waals surface area contributed by atoms with Crippen molar-refractivity contribution in [3.63, 3.8) is 0 Å². The van der Waals surface area contributed by atoms with Crippen LogP contribution >= 0.6 is 0 Å². The molecule has 27 atom stereocenters. The maximum Gasteiger partial charge on any atom is 0.341 e. The zero-order chi connectivity index (χ0) is 93.9. The zero-order valence-electron chi connectivity index (χ0n) is 72.7. The molecule has 4 aromatic rings. The van der Waals surface area contributed by atoms with E-state index < -0.39 is 239 Å². The molecule has 27 N–H and O–H groups in total. The number of Topliss-reactive ketones (excluding diaryl/α,β-unsaturated/α-hetero) is 1. The highest BCUT2D eigenvalue weighted by atomic mass is 19.1. The number of hydrazone groups is 1. The minimum Gasteiger partial charge on any atom is -0.507 e. The number of ketones is 1. The molecule has 2 unspecified atom stereocenters. The van der Waals surface area contributed by atoms with Gasteiger partial charge in [-0.25, -0.2) is 13.6 Å². The number of anilines is 3. The Kier molecular flexibility index (Phi) is 33.0. The smallest absolute Gasteiger partial charge is 0.341 e. The Morgan fingerprint density at radius 3 is 2.00 bits per heavy atom. The normalized spacial score (nSPS) is 34.7. The Morgan fingerprint density at radius 1 is 0.772 bits per heavy atom. The van der Waals surface area contributed by atoms with Gasteiger partial charge in [0, 0.05) is 137 Å². The third kappa shape index (κ3) is 21.2. The van der Waals surface area contributed by atoms with Crippen molar-refractivity contribution in [1.29, 1.82) is 0 Å². The second-order valence-electron chi connectivity index (χ2n) is 34.3. The number of carbonyl (C=O) groups is 5. The van der Waals surface area contributed by atoms with Crippen LogP contribution < -0.4 is 59.7 Å². The molecule has 3 aromatic carbocycles. The van der Waals surface area contributed by atoms with E-state index in [9.17, 15) is 100 Å². The van der Waals surface area contributed by atoms with Crippen molar-refractivity contribution in [2.75, 3.05) is 89.1 Å².